The molecule has 1 unspecified atom stereocenters. The molecule has 1 aromatic carbocycles. The molecular formula is C15H14F4N2. The van der Waals surface area contributed by atoms with Crippen molar-refractivity contribution in [3.63, 3.8) is 0 Å². The van der Waals surface area contributed by atoms with Gasteiger partial charge in [-0.25, -0.2) is 4.39 Å². The fourth-order valence-corrected chi connectivity index (χ4v) is 2.12. The number of likely N-dealkylation sites (N-methyl/N-ethyl adjacent to an activating group) is 1. The van der Waals surface area contributed by atoms with Gasteiger partial charge in [0.25, 0.3) is 0 Å². The summed E-state index contributed by atoms with van der Waals surface area (Å²) in [4.78, 5) is 3.97. The largest absolute Gasteiger partial charge is 0.419 e. The van der Waals surface area contributed by atoms with Crippen LogP contribution >= 0.6 is 0 Å². The fraction of sp³-hybridized carbons (Fsp3) is 0.267. The van der Waals surface area contributed by atoms with Crippen LogP contribution in [-0.2, 0) is 12.6 Å². The smallest absolute Gasteiger partial charge is 0.313 e. The van der Waals surface area contributed by atoms with E-state index in [1.807, 2.05) is 6.07 Å². The number of halogens is 4. The lowest BCUT2D eigenvalue weighted by atomic mass is 9.98. The molecule has 2 rings (SSSR count). The lowest BCUT2D eigenvalue weighted by Gasteiger charge is -2.18. The molecule has 0 spiro atoms. The van der Waals surface area contributed by atoms with Gasteiger partial charge in [-0.05, 0) is 42.8 Å². The number of pyridine rings is 1. The van der Waals surface area contributed by atoms with Crippen LogP contribution in [0.4, 0.5) is 17.6 Å². The maximum Gasteiger partial charge on any atom is 0.419 e. The molecule has 112 valence electrons. The molecule has 0 fully saturated rings. The van der Waals surface area contributed by atoms with Crippen molar-refractivity contribution < 1.29 is 17.6 Å². The van der Waals surface area contributed by atoms with Gasteiger partial charge in [-0.15, -0.1) is 0 Å². The summed E-state index contributed by atoms with van der Waals surface area (Å²) in [7, 11) is 1.65. The lowest BCUT2D eigenvalue weighted by Crippen LogP contribution is -2.20. The van der Waals surface area contributed by atoms with Crippen molar-refractivity contribution in [1.29, 1.82) is 0 Å². The number of nitrogens with one attached hydrogen (secondary N) is 1. The summed E-state index contributed by atoms with van der Waals surface area (Å²) in [5, 5.41) is 2.95. The van der Waals surface area contributed by atoms with Gasteiger partial charge in [-0.3, -0.25) is 4.98 Å². The Bertz CT molecular complexity index is 596. The molecule has 1 heterocycles. The average molecular weight is 298 g/mol. The Hall–Kier alpha value is -1.95. The summed E-state index contributed by atoms with van der Waals surface area (Å²) in [6.07, 6.45) is -0.962. The van der Waals surface area contributed by atoms with Crippen LogP contribution in [-0.4, -0.2) is 12.0 Å². The third-order valence-corrected chi connectivity index (χ3v) is 3.21. The molecule has 2 nitrogen and oxygen atoms in total. The van der Waals surface area contributed by atoms with E-state index < -0.39 is 17.6 Å². The highest BCUT2D eigenvalue weighted by atomic mass is 19.4. The van der Waals surface area contributed by atoms with E-state index in [9.17, 15) is 17.6 Å². The molecule has 2 aromatic rings. The highest BCUT2D eigenvalue weighted by Gasteiger charge is 2.34. The van der Waals surface area contributed by atoms with E-state index in [-0.39, 0.29) is 6.04 Å². The number of nitrogens with zero attached hydrogens (tertiary/aromatic N) is 1. The minimum Gasteiger partial charge on any atom is -0.313 e. The fourth-order valence-electron chi connectivity index (χ4n) is 2.12. The van der Waals surface area contributed by atoms with Crippen LogP contribution in [0.1, 0.15) is 22.7 Å². The predicted octanol–water partition coefficient (Wildman–Crippen LogP) is 3.74. The van der Waals surface area contributed by atoms with Gasteiger partial charge in [0.1, 0.15) is 5.82 Å². The minimum atomic E-state index is -4.70. The topological polar surface area (TPSA) is 24.9 Å². The molecule has 0 radical (unpaired) electrons. The van der Waals surface area contributed by atoms with E-state index in [4.69, 9.17) is 0 Å². The number of alkyl halides is 3. The second-order valence-corrected chi connectivity index (χ2v) is 4.64. The predicted molar refractivity (Wildman–Crippen MR) is 71.1 cm³/mol. The summed E-state index contributed by atoms with van der Waals surface area (Å²) in [6.45, 7) is 0. The normalized spacial score (nSPS) is 13.2. The second kappa shape index (κ2) is 6.22. The summed E-state index contributed by atoms with van der Waals surface area (Å²) < 4.78 is 51.6. The van der Waals surface area contributed by atoms with E-state index in [2.05, 4.69) is 10.3 Å². The van der Waals surface area contributed by atoms with Crippen molar-refractivity contribution in [3.8, 4) is 0 Å². The zero-order chi connectivity index (χ0) is 15.5. The Morgan fingerprint density at radius 2 is 2.00 bits per heavy atom. The molecule has 0 bridgehead atoms. The molecule has 0 aliphatic heterocycles. The van der Waals surface area contributed by atoms with Crippen molar-refractivity contribution in [1.82, 2.24) is 10.3 Å². The molecule has 1 N–H and O–H groups in total. The summed E-state index contributed by atoms with van der Waals surface area (Å²) >= 11 is 0. The average Bonchev–Trinajstić information content (AvgIpc) is 2.45. The van der Waals surface area contributed by atoms with Crippen molar-refractivity contribution in [2.45, 2.75) is 18.6 Å². The Balaban J connectivity index is 2.30. The van der Waals surface area contributed by atoms with Crippen molar-refractivity contribution in [2.75, 3.05) is 7.05 Å². The van der Waals surface area contributed by atoms with Gasteiger partial charge in [-0.2, -0.15) is 13.2 Å². The van der Waals surface area contributed by atoms with Gasteiger partial charge in [-0.1, -0.05) is 12.1 Å². The number of hydrogen-bond donors (Lipinski definition) is 1. The highest BCUT2D eigenvalue weighted by Crippen LogP contribution is 2.33. The summed E-state index contributed by atoms with van der Waals surface area (Å²) in [6, 6.07) is 6.32. The van der Waals surface area contributed by atoms with Crippen molar-refractivity contribution in [2.24, 2.45) is 0 Å². The van der Waals surface area contributed by atoms with E-state index in [1.54, 1.807) is 25.5 Å². The maximum atomic E-state index is 13.3. The first-order valence-electron chi connectivity index (χ1n) is 6.34. The van der Waals surface area contributed by atoms with Crippen LogP contribution in [0.25, 0.3) is 0 Å². The van der Waals surface area contributed by atoms with Gasteiger partial charge in [0.05, 0.1) is 5.56 Å². The number of benzene rings is 1. The summed E-state index contributed by atoms with van der Waals surface area (Å²) in [5.74, 6) is -1.26. The molecule has 1 atom stereocenters. The van der Waals surface area contributed by atoms with Crippen LogP contribution in [0.3, 0.4) is 0 Å². The summed E-state index contributed by atoms with van der Waals surface area (Å²) in [5.41, 5.74) is 0.0243. The molecule has 0 aliphatic carbocycles. The van der Waals surface area contributed by atoms with Crippen molar-refractivity contribution >= 4 is 0 Å². The van der Waals surface area contributed by atoms with Gasteiger partial charge in [0, 0.05) is 18.4 Å². The van der Waals surface area contributed by atoms with Gasteiger partial charge >= 0.3 is 6.18 Å². The third kappa shape index (κ3) is 3.78. The molecule has 0 saturated heterocycles. The lowest BCUT2D eigenvalue weighted by molar-refractivity contribution is -0.140. The van der Waals surface area contributed by atoms with Gasteiger partial charge in [0.2, 0.25) is 0 Å². The SMILES string of the molecule is CNC(Cc1cccnc1)c1ccc(F)c(C(F)(F)F)c1. The zero-order valence-electron chi connectivity index (χ0n) is 11.3. The molecule has 0 aliphatic rings. The van der Waals surface area contributed by atoms with E-state index in [0.29, 0.717) is 12.0 Å². The minimum absolute atomic E-state index is 0.351. The first-order chi connectivity index (χ1) is 9.91. The third-order valence-electron chi connectivity index (χ3n) is 3.21. The van der Waals surface area contributed by atoms with Crippen LogP contribution in [0.15, 0.2) is 42.7 Å². The number of rotatable bonds is 4. The first kappa shape index (κ1) is 15.4. The molecule has 0 saturated carbocycles. The molecule has 1 aromatic heterocycles. The molecular weight excluding hydrogens is 284 g/mol. The van der Waals surface area contributed by atoms with Crippen LogP contribution < -0.4 is 5.32 Å². The number of hydrogen-bond acceptors (Lipinski definition) is 2. The first-order valence-corrected chi connectivity index (χ1v) is 6.34. The van der Waals surface area contributed by atoms with Crippen LogP contribution in [0.2, 0.25) is 0 Å². The standard InChI is InChI=1S/C15H14F4N2/c1-20-14(7-10-3-2-6-21-9-10)11-4-5-13(16)12(8-11)15(17,18)19/h2-6,8-9,14,20H,7H2,1H3. The van der Waals surface area contributed by atoms with Gasteiger partial charge < -0.3 is 5.32 Å². The van der Waals surface area contributed by atoms with Gasteiger partial charge in [0.15, 0.2) is 0 Å². The highest BCUT2D eigenvalue weighted by molar-refractivity contribution is 5.30. The zero-order valence-corrected chi connectivity index (χ0v) is 11.3. The second-order valence-electron chi connectivity index (χ2n) is 4.64. The van der Waals surface area contributed by atoms with E-state index in [0.717, 1.165) is 17.7 Å². The van der Waals surface area contributed by atoms with Crippen LogP contribution in [0.5, 0.6) is 0 Å². The Morgan fingerprint density at radius 1 is 1.24 bits per heavy atom. The van der Waals surface area contributed by atoms with Crippen LogP contribution in [0, 0.1) is 5.82 Å². The number of aromatic nitrogens is 1. The van der Waals surface area contributed by atoms with E-state index >= 15 is 0 Å². The maximum absolute atomic E-state index is 13.3. The monoisotopic (exact) mass is 298 g/mol. The molecule has 6 heteroatoms. The molecule has 21 heavy (non-hydrogen) atoms. The van der Waals surface area contributed by atoms with E-state index in [1.165, 1.54) is 6.07 Å². The Labute approximate surface area is 119 Å². The van der Waals surface area contributed by atoms with Crippen molar-refractivity contribution in [3.05, 3.63) is 65.2 Å². The molecule has 0 amide bonds. The quantitative estimate of drug-likeness (QED) is 0.870. The Kier molecular flexibility index (Phi) is 4.57. The Morgan fingerprint density at radius 3 is 2.57 bits per heavy atom.